The van der Waals surface area contributed by atoms with Crippen molar-refractivity contribution in [2.75, 3.05) is 13.7 Å². The Labute approximate surface area is 116 Å². The maximum absolute atomic E-state index is 11.4. The van der Waals surface area contributed by atoms with Crippen molar-refractivity contribution in [2.24, 2.45) is 0 Å². The SMILES string of the molecule is COC(C)C(=O)OCC(=O)OC(CCC(=O)O)C(C)=O. The van der Waals surface area contributed by atoms with Gasteiger partial charge in [0.05, 0.1) is 0 Å². The van der Waals surface area contributed by atoms with Crippen LogP contribution >= 0.6 is 0 Å². The molecule has 0 aromatic rings. The number of rotatable bonds is 9. The van der Waals surface area contributed by atoms with Gasteiger partial charge in [0.1, 0.15) is 0 Å². The molecule has 0 aliphatic heterocycles. The molecule has 0 aliphatic rings. The van der Waals surface area contributed by atoms with Crippen LogP contribution in [0.3, 0.4) is 0 Å². The van der Waals surface area contributed by atoms with Crippen LogP contribution in [0.25, 0.3) is 0 Å². The van der Waals surface area contributed by atoms with Crippen molar-refractivity contribution in [1.82, 2.24) is 0 Å². The molecule has 114 valence electrons. The van der Waals surface area contributed by atoms with Crippen LogP contribution in [0.1, 0.15) is 26.7 Å². The van der Waals surface area contributed by atoms with Crippen molar-refractivity contribution in [1.29, 1.82) is 0 Å². The van der Waals surface area contributed by atoms with Crippen LogP contribution in [0.2, 0.25) is 0 Å². The van der Waals surface area contributed by atoms with Crippen LogP contribution in [0, 0.1) is 0 Å². The Morgan fingerprint density at radius 1 is 1.20 bits per heavy atom. The van der Waals surface area contributed by atoms with E-state index in [-0.39, 0.29) is 12.8 Å². The minimum absolute atomic E-state index is 0.126. The predicted molar refractivity (Wildman–Crippen MR) is 64.9 cm³/mol. The first kappa shape index (κ1) is 18.0. The smallest absolute Gasteiger partial charge is 0.344 e. The molecular weight excluding hydrogens is 272 g/mol. The summed E-state index contributed by atoms with van der Waals surface area (Å²) in [6.07, 6.45) is -2.41. The zero-order valence-electron chi connectivity index (χ0n) is 11.6. The maximum atomic E-state index is 11.4. The van der Waals surface area contributed by atoms with Crippen molar-refractivity contribution in [3.8, 4) is 0 Å². The largest absolute Gasteiger partial charge is 0.481 e. The normalized spacial score (nSPS) is 13.2. The molecule has 0 aromatic heterocycles. The Hall–Kier alpha value is -1.96. The van der Waals surface area contributed by atoms with Crippen molar-refractivity contribution < 1.29 is 38.5 Å². The van der Waals surface area contributed by atoms with Gasteiger partial charge in [-0.2, -0.15) is 0 Å². The minimum atomic E-state index is -1.16. The van der Waals surface area contributed by atoms with E-state index in [1.165, 1.54) is 21.0 Å². The van der Waals surface area contributed by atoms with Gasteiger partial charge in [-0.1, -0.05) is 0 Å². The molecule has 0 bridgehead atoms. The number of ether oxygens (including phenoxy) is 3. The number of hydrogen-bond donors (Lipinski definition) is 1. The zero-order valence-corrected chi connectivity index (χ0v) is 11.6. The van der Waals surface area contributed by atoms with Crippen LogP contribution < -0.4 is 0 Å². The number of Topliss-reactive ketones (excluding diaryl/α,β-unsaturated/α-hetero) is 1. The highest BCUT2D eigenvalue weighted by molar-refractivity contribution is 5.85. The fraction of sp³-hybridized carbons (Fsp3) is 0.667. The van der Waals surface area contributed by atoms with Gasteiger partial charge in [0.2, 0.25) is 0 Å². The van der Waals surface area contributed by atoms with Crippen LogP contribution in [0.5, 0.6) is 0 Å². The Balaban J connectivity index is 4.23. The van der Waals surface area contributed by atoms with Crippen LogP contribution in [0.4, 0.5) is 0 Å². The molecule has 0 amide bonds. The first-order valence-electron chi connectivity index (χ1n) is 5.89. The summed E-state index contributed by atoms with van der Waals surface area (Å²) in [7, 11) is 1.31. The zero-order chi connectivity index (χ0) is 15.7. The van der Waals surface area contributed by atoms with Crippen molar-refractivity contribution >= 4 is 23.7 Å². The highest BCUT2D eigenvalue weighted by Crippen LogP contribution is 2.05. The number of hydrogen-bond acceptors (Lipinski definition) is 7. The third-order valence-corrected chi connectivity index (χ3v) is 2.37. The molecule has 0 fully saturated rings. The van der Waals surface area contributed by atoms with Gasteiger partial charge < -0.3 is 19.3 Å². The average molecular weight is 290 g/mol. The predicted octanol–water partition coefficient (Wildman–Crippen LogP) is -0.0699. The molecule has 0 saturated heterocycles. The topological polar surface area (TPSA) is 116 Å². The molecule has 0 aromatic carbocycles. The summed E-state index contributed by atoms with van der Waals surface area (Å²) in [6.45, 7) is 1.96. The minimum Gasteiger partial charge on any atom is -0.481 e. The Bertz CT molecular complexity index is 376. The fourth-order valence-electron chi connectivity index (χ4n) is 1.14. The molecule has 0 aliphatic carbocycles. The van der Waals surface area contributed by atoms with Crippen molar-refractivity contribution in [3.05, 3.63) is 0 Å². The second-order valence-electron chi connectivity index (χ2n) is 4.01. The van der Waals surface area contributed by atoms with Crippen molar-refractivity contribution in [2.45, 2.75) is 38.9 Å². The number of esters is 2. The third-order valence-electron chi connectivity index (χ3n) is 2.37. The summed E-state index contributed by atoms with van der Waals surface area (Å²) in [5, 5.41) is 8.51. The lowest BCUT2D eigenvalue weighted by molar-refractivity contribution is -0.168. The van der Waals surface area contributed by atoms with Crippen LogP contribution in [0.15, 0.2) is 0 Å². The quantitative estimate of drug-likeness (QED) is 0.586. The van der Waals surface area contributed by atoms with E-state index in [1.54, 1.807) is 0 Å². The van der Waals surface area contributed by atoms with Gasteiger partial charge in [-0.25, -0.2) is 9.59 Å². The summed E-state index contributed by atoms with van der Waals surface area (Å²) in [5.74, 6) is -3.24. The fourth-order valence-corrected chi connectivity index (χ4v) is 1.14. The number of methoxy groups -OCH3 is 1. The summed E-state index contributed by atoms with van der Waals surface area (Å²) in [6, 6.07) is 0. The lowest BCUT2D eigenvalue weighted by Gasteiger charge is -2.14. The molecule has 2 unspecified atom stereocenters. The number of carboxylic acid groups (broad SMARTS) is 1. The second kappa shape index (κ2) is 9.03. The molecular formula is C12H18O8. The molecule has 0 rings (SSSR count). The van der Waals surface area contributed by atoms with Gasteiger partial charge in [0.25, 0.3) is 0 Å². The van der Waals surface area contributed by atoms with E-state index >= 15 is 0 Å². The Kier molecular flexibility index (Phi) is 8.14. The number of carbonyl (C=O) groups is 4. The monoisotopic (exact) mass is 290 g/mol. The molecule has 20 heavy (non-hydrogen) atoms. The summed E-state index contributed by atoms with van der Waals surface area (Å²) < 4.78 is 14.0. The van der Waals surface area contributed by atoms with Gasteiger partial charge in [-0.3, -0.25) is 9.59 Å². The van der Waals surface area contributed by atoms with E-state index < -0.39 is 42.5 Å². The molecule has 0 radical (unpaired) electrons. The van der Waals surface area contributed by atoms with E-state index in [1.807, 2.05) is 0 Å². The number of aliphatic carboxylic acids is 1. The molecule has 2 atom stereocenters. The number of ketones is 1. The highest BCUT2D eigenvalue weighted by Gasteiger charge is 2.22. The lowest BCUT2D eigenvalue weighted by atomic mass is 10.1. The van der Waals surface area contributed by atoms with E-state index in [9.17, 15) is 19.2 Å². The molecule has 8 heteroatoms. The summed E-state index contributed by atoms with van der Waals surface area (Å²) in [5.41, 5.74) is 0. The van der Waals surface area contributed by atoms with Gasteiger partial charge in [-0.05, 0) is 13.8 Å². The first-order valence-corrected chi connectivity index (χ1v) is 5.89. The molecule has 8 nitrogen and oxygen atoms in total. The summed E-state index contributed by atoms with van der Waals surface area (Å²) >= 11 is 0. The van der Waals surface area contributed by atoms with E-state index in [2.05, 4.69) is 9.47 Å². The Morgan fingerprint density at radius 3 is 2.25 bits per heavy atom. The molecule has 0 spiro atoms. The first-order chi connectivity index (χ1) is 9.27. The van der Waals surface area contributed by atoms with Gasteiger partial charge in [-0.15, -0.1) is 0 Å². The molecule has 0 saturated carbocycles. The average Bonchev–Trinajstić information content (AvgIpc) is 2.39. The molecule has 1 N–H and O–H groups in total. The second-order valence-corrected chi connectivity index (χ2v) is 4.01. The lowest BCUT2D eigenvalue weighted by Crippen LogP contribution is -2.30. The highest BCUT2D eigenvalue weighted by atomic mass is 16.6. The maximum Gasteiger partial charge on any atom is 0.344 e. The van der Waals surface area contributed by atoms with E-state index in [0.717, 1.165) is 0 Å². The van der Waals surface area contributed by atoms with Gasteiger partial charge in [0, 0.05) is 20.0 Å². The molecule has 0 heterocycles. The van der Waals surface area contributed by atoms with Gasteiger partial charge in [0.15, 0.2) is 24.6 Å². The van der Waals surface area contributed by atoms with Gasteiger partial charge >= 0.3 is 17.9 Å². The number of carboxylic acids is 1. The van der Waals surface area contributed by atoms with Crippen LogP contribution in [-0.4, -0.2) is 54.7 Å². The Morgan fingerprint density at radius 2 is 1.80 bits per heavy atom. The third kappa shape index (κ3) is 7.47. The standard InChI is InChI=1S/C12H18O8/c1-7(13)9(4-5-10(14)15)20-11(16)6-19-12(17)8(2)18-3/h8-9H,4-6H2,1-3H3,(H,14,15). The van der Waals surface area contributed by atoms with E-state index in [0.29, 0.717) is 0 Å². The van der Waals surface area contributed by atoms with E-state index in [4.69, 9.17) is 9.84 Å². The van der Waals surface area contributed by atoms with Crippen molar-refractivity contribution in [3.63, 3.8) is 0 Å². The number of carbonyl (C=O) groups excluding carboxylic acids is 3. The van der Waals surface area contributed by atoms with Crippen LogP contribution in [-0.2, 0) is 33.4 Å². The summed E-state index contributed by atoms with van der Waals surface area (Å²) in [4.78, 5) is 44.2.